The van der Waals surface area contributed by atoms with Crippen molar-refractivity contribution in [1.82, 2.24) is 20.4 Å². The van der Waals surface area contributed by atoms with Crippen LogP contribution in [0.4, 0.5) is 18.0 Å². The molecule has 0 aliphatic heterocycles. The van der Waals surface area contributed by atoms with Gasteiger partial charge in [-0.05, 0) is 30.2 Å². The minimum absolute atomic E-state index is 0.0226. The fraction of sp³-hybridized carbons (Fsp3) is 0.312. The number of amides is 2. The lowest BCUT2D eigenvalue weighted by Gasteiger charge is -2.08. The molecule has 0 atom stereocenters. The second-order valence-electron chi connectivity index (χ2n) is 5.42. The van der Waals surface area contributed by atoms with Gasteiger partial charge < -0.3 is 15.7 Å². The maximum absolute atomic E-state index is 12.6. The van der Waals surface area contributed by atoms with E-state index < -0.39 is 23.9 Å². The van der Waals surface area contributed by atoms with Crippen LogP contribution in [-0.4, -0.2) is 33.4 Å². The molecule has 0 saturated carbocycles. The zero-order valence-corrected chi connectivity index (χ0v) is 13.6. The molecule has 1 aromatic heterocycles. The first kappa shape index (κ1) is 19.3. The number of rotatable bonds is 7. The third kappa shape index (κ3) is 5.80. The van der Waals surface area contributed by atoms with E-state index in [4.69, 9.17) is 5.11 Å². The number of halogens is 3. The molecule has 0 radical (unpaired) electrons. The van der Waals surface area contributed by atoms with Crippen molar-refractivity contribution in [2.24, 2.45) is 0 Å². The number of nitrogens with zero attached hydrogens (tertiary/aromatic N) is 2. The summed E-state index contributed by atoms with van der Waals surface area (Å²) >= 11 is 0. The van der Waals surface area contributed by atoms with Crippen molar-refractivity contribution in [3.63, 3.8) is 0 Å². The Hall–Kier alpha value is -3.04. The molecule has 2 rings (SSSR count). The number of carbonyl (C=O) groups excluding carboxylic acids is 1. The summed E-state index contributed by atoms with van der Waals surface area (Å²) in [5.74, 6) is -0.924. The minimum Gasteiger partial charge on any atom is -0.481 e. The second-order valence-corrected chi connectivity index (χ2v) is 5.42. The molecule has 0 unspecified atom stereocenters. The molecular formula is C16H17F3N4O3. The highest BCUT2D eigenvalue weighted by atomic mass is 19.4. The molecule has 7 nitrogen and oxygen atoms in total. The number of alkyl halides is 3. The molecule has 1 aromatic carbocycles. The molecule has 0 bridgehead atoms. The van der Waals surface area contributed by atoms with Crippen molar-refractivity contribution >= 4 is 12.0 Å². The van der Waals surface area contributed by atoms with Crippen molar-refractivity contribution in [2.45, 2.75) is 25.6 Å². The summed E-state index contributed by atoms with van der Waals surface area (Å²) in [4.78, 5) is 21.9. The standard InChI is InChI=1S/C16H17F3N4O3/c17-16(18,19)13-7-9-23(22-13)12-5-3-11(4-6-12)10-21-15(26)20-8-1-2-14(24)25/h3-7,9H,1-2,8,10H2,(H,24,25)(H2,20,21,26). The minimum atomic E-state index is -4.49. The average molecular weight is 370 g/mol. The van der Waals surface area contributed by atoms with Crippen LogP contribution >= 0.6 is 0 Å². The molecule has 26 heavy (non-hydrogen) atoms. The van der Waals surface area contributed by atoms with Crippen molar-refractivity contribution in [2.75, 3.05) is 6.54 Å². The Morgan fingerprint density at radius 3 is 2.38 bits per heavy atom. The number of benzene rings is 1. The van der Waals surface area contributed by atoms with Crippen LogP contribution in [0, 0.1) is 0 Å². The summed E-state index contributed by atoms with van der Waals surface area (Å²) in [5, 5.41) is 17.1. The lowest BCUT2D eigenvalue weighted by Crippen LogP contribution is -2.35. The monoisotopic (exact) mass is 370 g/mol. The Morgan fingerprint density at radius 1 is 1.12 bits per heavy atom. The summed E-state index contributed by atoms with van der Waals surface area (Å²) in [6.07, 6.45) is -2.96. The van der Waals surface area contributed by atoms with Crippen LogP contribution in [0.1, 0.15) is 24.1 Å². The smallest absolute Gasteiger partial charge is 0.435 e. The number of hydrogen-bond acceptors (Lipinski definition) is 3. The molecule has 0 aliphatic carbocycles. The second kappa shape index (κ2) is 8.37. The molecule has 2 amide bonds. The molecule has 140 valence electrons. The maximum atomic E-state index is 12.6. The molecule has 10 heteroatoms. The molecule has 3 N–H and O–H groups in total. The molecule has 1 heterocycles. The number of aliphatic carboxylic acids is 1. The third-order valence-corrected chi connectivity index (χ3v) is 3.39. The van der Waals surface area contributed by atoms with Gasteiger partial charge in [0.2, 0.25) is 0 Å². The Labute approximate surface area is 146 Å². The Balaban J connectivity index is 1.83. The SMILES string of the molecule is O=C(O)CCCNC(=O)NCc1ccc(-n2ccc(C(F)(F)F)n2)cc1. The van der Waals surface area contributed by atoms with Crippen molar-refractivity contribution in [3.8, 4) is 5.69 Å². The number of aromatic nitrogens is 2. The van der Waals surface area contributed by atoms with Gasteiger partial charge in [-0.25, -0.2) is 9.48 Å². The van der Waals surface area contributed by atoms with Gasteiger partial charge in [0.1, 0.15) is 0 Å². The zero-order valence-electron chi connectivity index (χ0n) is 13.6. The zero-order chi connectivity index (χ0) is 19.2. The predicted molar refractivity (Wildman–Crippen MR) is 85.7 cm³/mol. The van der Waals surface area contributed by atoms with E-state index in [0.717, 1.165) is 16.3 Å². The fourth-order valence-corrected chi connectivity index (χ4v) is 2.07. The van der Waals surface area contributed by atoms with E-state index in [1.807, 2.05) is 0 Å². The largest absolute Gasteiger partial charge is 0.481 e. The summed E-state index contributed by atoms with van der Waals surface area (Å²) in [5.41, 5.74) is 0.239. The van der Waals surface area contributed by atoms with Crippen LogP contribution < -0.4 is 10.6 Å². The Morgan fingerprint density at radius 2 is 1.81 bits per heavy atom. The van der Waals surface area contributed by atoms with E-state index in [-0.39, 0.29) is 19.5 Å². The van der Waals surface area contributed by atoms with Crippen LogP contribution in [-0.2, 0) is 17.5 Å². The predicted octanol–water partition coefficient (Wildman–Crippen LogP) is 2.56. The lowest BCUT2D eigenvalue weighted by molar-refractivity contribution is -0.141. The van der Waals surface area contributed by atoms with Crippen LogP contribution in [0.15, 0.2) is 36.5 Å². The van der Waals surface area contributed by atoms with Gasteiger partial charge in [0, 0.05) is 25.7 Å². The molecule has 2 aromatic rings. The summed E-state index contributed by atoms with van der Waals surface area (Å²) < 4.78 is 38.8. The Bertz CT molecular complexity index is 757. The van der Waals surface area contributed by atoms with E-state index in [2.05, 4.69) is 15.7 Å². The number of carboxylic acid groups (broad SMARTS) is 1. The first-order valence-corrected chi connectivity index (χ1v) is 7.71. The van der Waals surface area contributed by atoms with Gasteiger partial charge in [0.25, 0.3) is 0 Å². The van der Waals surface area contributed by atoms with E-state index in [0.29, 0.717) is 12.1 Å². The van der Waals surface area contributed by atoms with Gasteiger partial charge in [0.15, 0.2) is 5.69 Å². The molecule has 0 fully saturated rings. The highest BCUT2D eigenvalue weighted by Crippen LogP contribution is 2.27. The van der Waals surface area contributed by atoms with Gasteiger partial charge in [-0.1, -0.05) is 12.1 Å². The van der Waals surface area contributed by atoms with Crippen molar-refractivity contribution in [3.05, 3.63) is 47.8 Å². The molecular weight excluding hydrogens is 353 g/mol. The summed E-state index contributed by atoms with van der Waals surface area (Å²) in [6.45, 7) is 0.468. The van der Waals surface area contributed by atoms with E-state index in [9.17, 15) is 22.8 Å². The summed E-state index contributed by atoms with van der Waals surface area (Å²) in [7, 11) is 0. The van der Waals surface area contributed by atoms with Crippen LogP contribution in [0.2, 0.25) is 0 Å². The quantitative estimate of drug-likeness (QED) is 0.653. The topological polar surface area (TPSA) is 96.3 Å². The van der Waals surface area contributed by atoms with Gasteiger partial charge >= 0.3 is 18.2 Å². The van der Waals surface area contributed by atoms with Gasteiger partial charge in [-0.15, -0.1) is 0 Å². The number of carbonyl (C=O) groups is 2. The van der Waals surface area contributed by atoms with Crippen LogP contribution in [0.25, 0.3) is 5.69 Å². The Kier molecular flexibility index (Phi) is 6.21. The van der Waals surface area contributed by atoms with Crippen molar-refractivity contribution < 1.29 is 27.9 Å². The molecule has 0 aliphatic rings. The first-order chi connectivity index (χ1) is 12.3. The number of carboxylic acids is 1. The number of hydrogen-bond donors (Lipinski definition) is 3. The van der Waals surface area contributed by atoms with Gasteiger partial charge in [0.05, 0.1) is 5.69 Å². The summed E-state index contributed by atoms with van der Waals surface area (Å²) in [6, 6.07) is 6.97. The van der Waals surface area contributed by atoms with E-state index in [1.165, 1.54) is 6.20 Å². The van der Waals surface area contributed by atoms with E-state index in [1.54, 1.807) is 24.3 Å². The van der Waals surface area contributed by atoms with Crippen LogP contribution in [0.3, 0.4) is 0 Å². The highest BCUT2D eigenvalue weighted by Gasteiger charge is 2.33. The fourth-order valence-electron chi connectivity index (χ4n) is 2.07. The lowest BCUT2D eigenvalue weighted by atomic mass is 10.2. The highest BCUT2D eigenvalue weighted by molar-refractivity contribution is 5.73. The first-order valence-electron chi connectivity index (χ1n) is 7.71. The molecule has 0 spiro atoms. The van der Waals surface area contributed by atoms with Crippen molar-refractivity contribution in [1.29, 1.82) is 0 Å². The maximum Gasteiger partial charge on any atom is 0.435 e. The average Bonchev–Trinajstić information content (AvgIpc) is 3.07. The number of nitrogens with one attached hydrogen (secondary N) is 2. The number of urea groups is 1. The molecule has 0 saturated heterocycles. The van der Waals surface area contributed by atoms with Gasteiger partial charge in [-0.3, -0.25) is 4.79 Å². The van der Waals surface area contributed by atoms with Gasteiger partial charge in [-0.2, -0.15) is 18.3 Å². The third-order valence-electron chi connectivity index (χ3n) is 3.39. The van der Waals surface area contributed by atoms with Crippen LogP contribution in [0.5, 0.6) is 0 Å². The normalized spacial score (nSPS) is 11.2. The van der Waals surface area contributed by atoms with E-state index >= 15 is 0 Å².